The molecule has 0 spiro atoms. The Labute approximate surface area is 128 Å². The number of carbonyl (C=O) groups is 1. The zero-order valence-electron chi connectivity index (χ0n) is 11.2. The van der Waals surface area contributed by atoms with E-state index >= 15 is 0 Å². The van der Waals surface area contributed by atoms with Crippen molar-refractivity contribution in [2.75, 3.05) is 19.0 Å². The lowest BCUT2D eigenvalue weighted by molar-refractivity contribution is -0.388. The fourth-order valence-electron chi connectivity index (χ4n) is 2.41. The number of esters is 1. The van der Waals surface area contributed by atoms with Gasteiger partial charge in [-0.3, -0.25) is 4.79 Å². The van der Waals surface area contributed by atoms with Crippen LogP contribution >= 0.6 is 15.9 Å². The summed E-state index contributed by atoms with van der Waals surface area (Å²) in [7, 11) is 1.28. The Kier molecular flexibility index (Phi) is 4.43. The van der Waals surface area contributed by atoms with Gasteiger partial charge in [0.25, 0.3) is 0 Å². The van der Waals surface area contributed by atoms with Crippen LogP contribution in [0.5, 0.6) is 0 Å². The molecule has 1 aliphatic carbocycles. The van der Waals surface area contributed by atoms with Gasteiger partial charge in [-0.05, 0) is 44.7 Å². The molecule has 0 amide bonds. The first-order chi connectivity index (χ1) is 9.88. The number of aliphatic hydroxyl groups is 1. The minimum atomic E-state index is -0.857. The van der Waals surface area contributed by atoms with Gasteiger partial charge in [0.05, 0.1) is 23.1 Å². The van der Waals surface area contributed by atoms with Crippen LogP contribution < -0.4 is 5.32 Å². The lowest BCUT2D eigenvalue weighted by atomic mass is 9.66. The molecule has 1 aromatic heterocycles. The summed E-state index contributed by atoms with van der Waals surface area (Å²) >= 11 is 3.19. The number of carbonyl (C=O) groups excluding carboxylic acids is 1. The van der Waals surface area contributed by atoms with Crippen LogP contribution in [0.3, 0.4) is 0 Å². The van der Waals surface area contributed by atoms with E-state index in [0.717, 1.165) is 0 Å². The molecule has 21 heavy (non-hydrogen) atoms. The van der Waals surface area contributed by atoms with Gasteiger partial charge >= 0.3 is 11.8 Å². The van der Waals surface area contributed by atoms with E-state index in [0.29, 0.717) is 4.47 Å². The third kappa shape index (κ3) is 3.13. The molecule has 2 rings (SSSR count). The molecule has 1 aliphatic rings. The molecule has 1 heterocycles. The lowest BCUT2D eigenvalue weighted by Crippen LogP contribution is -2.51. The molecule has 0 unspecified atom stereocenters. The van der Waals surface area contributed by atoms with Crippen LogP contribution in [0.15, 0.2) is 16.7 Å². The number of aromatic nitrogens is 1. The fraction of sp³-hybridized carbons (Fsp3) is 0.500. The second kappa shape index (κ2) is 5.94. The Morgan fingerprint density at radius 1 is 1.71 bits per heavy atom. The Morgan fingerprint density at radius 3 is 2.90 bits per heavy atom. The number of hydrogen-bond acceptors (Lipinski definition) is 7. The average molecular weight is 360 g/mol. The summed E-state index contributed by atoms with van der Waals surface area (Å²) in [6, 6.07) is 1.52. The minimum Gasteiger partial charge on any atom is -0.469 e. The second-order valence-electron chi connectivity index (χ2n) is 4.97. The first kappa shape index (κ1) is 15.6. The molecule has 0 saturated heterocycles. The van der Waals surface area contributed by atoms with E-state index in [-0.39, 0.29) is 30.9 Å². The first-order valence-electron chi connectivity index (χ1n) is 6.18. The van der Waals surface area contributed by atoms with E-state index in [9.17, 15) is 20.0 Å². The normalized spacial score (nSPS) is 24.0. The standard InChI is InChI=1S/C12H14BrN3O5/c1-21-11(18)12(3-8(17)4-12)6-15-9-2-7(13)5-14-10(9)16(19)20/h2,5,8,15,17H,3-4,6H2,1H3. The molecular formula is C12H14BrN3O5. The molecule has 114 valence electrons. The first-order valence-corrected chi connectivity index (χ1v) is 6.97. The Bertz CT molecular complexity index is 574. The molecule has 1 fully saturated rings. The number of ether oxygens (including phenoxy) is 1. The van der Waals surface area contributed by atoms with Gasteiger partial charge in [0.15, 0.2) is 6.20 Å². The predicted molar refractivity (Wildman–Crippen MR) is 76.8 cm³/mol. The summed E-state index contributed by atoms with van der Waals surface area (Å²) in [6.45, 7) is 0.135. The molecule has 2 N–H and O–H groups in total. The molecule has 1 aromatic rings. The van der Waals surface area contributed by atoms with E-state index in [1.54, 1.807) is 0 Å². The number of hydrogen-bond donors (Lipinski definition) is 2. The number of halogens is 1. The van der Waals surface area contributed by atoms with Crippen LogP contribution in [0.1, 0.15) is 12.8 Å². The van der Waals surface area contributed by atoms with Gasteiger partial charge in [-0.2, -0.15) is 0 Å². The molecule has 9 heteroatoms. The number of nitro groups is 1. The number of aliphatic hydroxyl groups excluding tert-OH is 1. The Morgan fingerprint density at radius 2 is 2.38 bits per heavy atom. The van der Waals surface area contributed by atoms with Crippen LogP contribution in [-0.4, -0.2) is 40.7 Å². The van der Waals surface area contributed by atoms with E-state index in [1.165, 1.54) is 19.4 Å². The molecule has 0 aromatic carbocycles. The molecule has 8 nitrogen and oxygen atoms in total. The molecule has 1 saturated carbocycles. The Hall–Kier alpha value is -1.74. The summed E-state index contributed by atoms with van der Waals surface area (Å²) in [5, 5.41) is 23.3. The number of anilines is 1. The van der Waals surface area contributed by atoms with Gasteiger partial charge < -0.3 is 25.3 Å². The minimum absolute atomic E-state index is 0.135. The third-order valence-corrected chi connectivity index (χ3v) is 3.93. The van der Waals surface area contributed by atoms with Gasteiger partial charge in [-0.15, -0.1) is 0 Å². The van der Waals surface area contributed by atoms with Gasteiger partial charge in [-0.25, -0.2) is 0 Å². The maximum atomic E-state index is 11.8. The van der Waals surface area contributed by atoms with E-state index < -0.39 is 22.4 Å². The molecule has 0 aliphatic heterocycles. The van der Waals surface area contributed by atoms with Crippen molar-refractivity contribution in [3.63, 3.8) is 0 Å². The fourth-order valence-corrected chi connectivity index (χ4v) is 2.75. The van der Waals surface area contributed by atoms with Crippen LogP contribution in [0.25, 0.3) is 0 Å². The quantitative estimate of drug-likeness (QED) is 0.464. The van der Waals surface area contributed by atoms with Crippen LogP contribution in [-0.2, 0) is 9.53 Å². The summed E-state index contributed by atoms with van der Waals surface area (Å²) < 4.78 is 5.33. The van der Waals surface area contributed by atoms with E-state index in [4.69, 9.17) is 4.74 Å². The van der Waals surface area contributed by atoms with E-state index in [2.05, 4.69) is 26.2 Å². The highest BCUT2D eigenvalue weighted by molar-refractivity contribution is 9.10. The predicted octanol–water partition coefficient (Wildman–Crippen LogP) is 1.48. The number of rotatable bonds is 5. The highest BCUT2D eigenvalue weighted by atomic mass is 79.9. The van der Waals surface area contributed by atoms with Crippen molar-refractivity contribution in [2.24, 2.45) is 5.41 Å². The largest absolute Gasteiger partial charge is 0.469 e. The summed E-state index contributed by atoms with van der Waals surface area (Å²) in [5.74, 6) is -0.760. The zero-order chi connectivity index (χ0) is 15.6. The maximum Gasteiger partial charge on any atom is 0.386 e. The van der Waals surface area contributed by atoms with Crippen molar-refractivity contribution in [1.29, 1.82) is 0 Å². The highest BCUT2D eigenvalue weighted by Gasteiger charge is 2.50. The second-order valence-corrected chi connectivity index (χ2v) is 5.89. The number of pyridine rings is 1. The molecular weight excluding hydrogens is 346 g/mol. The molecule has 0 radical (unpaired) electrons. The monoisotopic (exact) mass is 359 g/mol. The number of nitrogens with zero attached hydrogens (tertiary/aromatic N) is 2. The SMILES string of the molecule is COC(=O)C1(CNc2cc(Br)cnc2[N+](=O)[O-])CC(O)C1. The highest BCUT2D eigenvalue weighted by Crippen LogP contribution is 2.42. The van der Waals surface area contributed by atoms with Gasteiger partial charge in [0, 0.05) is 6.54 Å². The van der Waals surface area contributed by atoms with Crippen molar-refractivity contribution in [3.05, 3.63) is 26.9 Å². The number of methoxy groups -OCH3 is 1. The molecule has 0 bridgehead atoms. The zero-order valence-corrected chi connectivity index (χ0v) is 12.8. The molecule has 0 atom stereocenters. The van der Waals surface area contributed by atoms with Gasteiger partial charge in [0.2, 0.25) is 0 Å². The van der Waals surface area contributed by atoms with Crippen molar-refractivity contribution < 1.29 is 19.6 Å². The third-order valence-electron chi connectivity index (χ3n) is 3.49. The van der Waals surface area contributed by atoms with Crippen LogP contribution in [0.4, 0.5) is 11.5 Å². The smallest absolute Gasteiger partial charge is 0.386 e. The van der Waals surface area contributed by atoms with Gasteiger partial charge in [0.1, 0.15) is 5.69 Å². The van der Waals surface area contributed by atoms with Gasteiger partial charge in [-0.1, -0.05) is 0 Å². The van der Waals surface area contributed by atoms with Crippen molar-refractivity contribution in [3.8, 4) is 0 Å². The summed E-state index contributed by atoms with van der Waals surface area (Å²) in [5.41, 5.74) is -0.649. The van der Waals surface area contributed by atoms with Crippen molar-refractivity contribution >= 4 is 33.4 Å². The topological polar surface area (TPSA) is 115 Å². The van der Waals surface area contributed by atoms with Crippen LogP contribution in [0.2, 0.25) is 0 Å². The maximum absolute atomic E-state index is 11.8. The number of nitrogens with one attached hydrogen (secondary N) is 1. The summed E-state index contributed by atoms with van der Waals surface area (Å²) in [4.78, 5) is 25.9. The van der Waals surface area contributed by atoms with Crippen LogP contribution in [0, 0.1) is 15.5 Å². The average Bonchev–Trinajstić information content (AvgIpc) is 2.41. The van der Waals surface area contributed by atoms with Crippen molar-refractivity contribution in [1.82, 2.24) is 4.98 Å². The van der Waals surface area contributed by atoms with E-state index in [1.807, 2.05) is 0 Å². The summed E-state index contributed by atoms with van der Waals surface area (Å²) in [6.07, 6.45) is 1.30. The Balaban J connectivity index is 2.17. The lowest BCUT2D eigenvalue weighted by Gasteiger charge is -2.42. The van der Waals surface area contributed by atoms with Crippen molar-refractivity contribution in [2.45, 2.75) is 18.9 Å².